The quantitative estimate of drug-likeness (QED) is 0.659. The van der Waals surface area contributed by atoms with Crippen molar-refractivity contribution in [3.8, 4) is 5.75 Å². The molecule has 0 aliphatic heterocycles. The summed E-state index contributed by atoms with van der Waals surface area (Å²) in [5.41, 5.74) is 7.17. The summed E-state index contributed by atoms with van der Waals surface area (Å²) in [6.45, 7) is -0.0190. The number of benzene rings is 2. The Hall–Kier alpha value is -2.73. The zero-order chi connectivity index (χ0) is 17.7. The average molecular weight is 350 g/mol. The number of carbonyl (C=O) groups is 2. The molecule has 0 saturated heterocycles. The van der Waals surface area contributed by atoms with Crippen LogP contribution in [-0.2, 0) is 16.1 Å². The maximum Gasteiger partial charge on any atom is 0.342 e. The van der Waals surface area contributed by atoms with Gasteiger partial charge in [-0.1, -0.05) is 23.7 Å². The van der Waals surface area contributed by atoms with Crippen LogP contribution in [-0.4, -0.2) is 26.2 Å². The maximum absolute atomic E-state index is 12.2. The van der Waals surface area contributed by atoms with Crippen LogP contribution in [0.3, 0.4) is 0 Å². The zero-order valence-electron chi connectivity index (χ0n) is 13.2. The molecule has 6 nitrogen and oxygen atoms in total. The maximum atomic E-state index is 12.2. The van der Waals surface area contributed by atoms with E-state index in [0.29, 0.717) is 16.8 Å². The fraction of sp³-hybridized carbons (Fsp3) is 0.176. The Balaban J connectivity index is 2.14. The number of rotatable bonds is 5. The Labute approximate surface area is 144 Å². The Morgan fingerprint density at radius 2 is 1.88 bits per heavy atom. The summed E-state index contributed by atoms with van der Waals surface area (Å²) >= 11 is 5.94. The highest BCUT2D eigenvalue weighted by molar-refractivity contribution is 6.33. The van der Waals surface area contributed by atoms with Crippen LogP contribution in [0.2, 0.25) is 5.02 Å². The molecule has 0 bridgehead atoms. The van der Waals surface area contributed by atoms with E-state index < -0.39 is 11.9 Å². The van der Waals surface area contributed by atoms with Crippen molar-refractivity contribution in [1.82, 2.24) is 0 Å². The highest BCUT2D eigenvalue weighted by atomic mass is 35.5. The number of halogens is 1. The van der Waals surface area contributed by atoms with E-state index in [2.05, 4.69) is 4.74 Å². The third kappa shape index (κ3) is 3.97. The lowest BCUT2D eigenvalue weighted by Gasteiger charge is -2.11. The van der Waals surface area contributed by atoms with E-state index >= 15 is 0 Å². The van der Waals surface area contributed by atoms with Gasteiger partial charge < -0.3 is 19.9 Å². The smallest absolute Gasteiger partial charge is 0.342 e. The third-order valence-corrected chi connectivity index (χ3v) is 3.58. The second kappa shape index (κ2) is 7.70. The second-order valence-electron chi connectivity index (χ2n) is 4.84. The van der Waals surface area contributed by atoms with Gasteiger partial charge in [0.1, 0.15) is 17.9 Å². The van der Waals surface area contributed by atoms with Crippen LogP contribution in [0.25, 0.3) is 0 Å². The van der Waals surface area contributed by atoms with E-state index in [0.717, 1.165) is 0 Å². The highest BCUT2D eigenvalue weighted by Gasteiger charge is 2.17. The summed E-state index contributed by atoms with van der Waals surface area (Å²) in [6, 6.07) is 9.45. The van der Waals surface area contributed by atoms with Crippen LogP contribution in [0.15, 0.2) is 36.4 Å². The monoisotopic (exact) mass is 349 g/mol. The normalized spacial score (nSPS) is 10.1. The van der Waals surface area contributed by atoms with Crippen molar-refractivity contribution in [2.45, 2.75) is 6.61 Å². The molecule has 0 heterocycles. The molecular formula is C17H16ClNO5. The lowest BCUT2D eigenvalue weighted by Crippen LogP contribution is -2.09. The number of nitrogen functional groups attached to an aromatic ring is 1. The number of hydrogen-bond donors (Lipinski definition) is 1. The fourth-order valence-electron chi connectivity index (χ4n) is 2.03. The molecule has 2 N–H and O–H groups in total. The van der Waals surface area contributed by atoms with Gasteiger partial charge in [0.25, 0.3) is 0 Å². The minimum absolute atomic E-state index is 0.0190. The minimum Gasteiger partial charge on any atom is -0.496 e. The van der Waals surface area contributed by atoms with Crippen molar-refractivity contribution in [3.63, 3.8) is 0 Å². The lowest BCUT2D eigenvalue weighted by molar-refractivity contribution is 0.0469. The van der Waals surface area contributed by atoms with Crippen LogP contribution >= 0.6 is 11.6 Å². The van der Waals surface area contributed by atoms with Crippen molar-refractivity contribution in [2.75, 3.05) is 20.0 Å². The van der Waals surface area contributed by atoms with Crippen LogP contribution in [0.1, 0.15) is 26.3 Å². The number of carbonyl (C=O) groups excluding carboxylic acids is 2. The number of methoxy groups -OCH3 is 2. The molecule has 0 atom stereocenters. The molecule has 0 amide bonds. The summed E-state index contributed by atoms with van der Waals surface area (Å²) < 4.78 is 15.0. The van der Waals surface area contributed by atoms with Crippen molar-refractivity contribution < 1.29 is 23.8 Å². The molecule has 126 valence electrons. The van der Waals surface area contributed by atoms with Crippen LogP contribution < -0.4 is 10.5 Å². The lowest BCUT2D eigenvalue weighted by atomic mass is 10.1. The first-order valence-corrected chi connectivity index (χ1v) is 7.31. The summed E-state index contributed by atoms with van der Waals surface area (Å²) in [6.07, 6.45) is 0. The van der Waals surface area contributed by atoms with Gasteiger partial charge in [0, 0.05) is 6.07 Å². The minimum atomic E-state index is -0.614. The molecule has 0 fully saturated rings. The van der Waals surface area contributed by atoms with Gasteiger partial charge in [-0.3, -0.25) is 0 Å². The highest BCUT2D eigenvalue weighted by Crippen LogP contribution is 2.29. The first-order valence-electron chi connectivity index (χ1n) is 6.93. The van der Waals surface area contributed by atoms with Gasteiger partial charge in [0.05, 0.1) is 30.5 Å². The molecule has 0 aromatic heterocycles. The van der Waals surface area contributed by atoms with Gasteiger partial charge >= 0.3 is 11.9 Å². The standard InChI is InChI=1S/C17H16ClNO5/c1-22-15-8-14(19)13(18)7-12(15)17(21)24-9-10-4-3-5-11(6-10)16(20)23-2/h3-8H,9,19H2,1-2H3. The van der Waals surface area contributed by atoms with Crippen molar-refractivity contribution in [1.29, 1.82) is 0 Å². The molecular weight excluding hydrogens is 334 g/mol. The van der Waals surface area contributed by atoms with E-state index in [4.69, 9.17) is 26.8 Å². The predicted molar refractivity (Wildman–Crippen MR) is 89.3 cm³/mol. The summed E-state index contributed by atoms with van der Waals surface area (Å²) in [4.78, 5) is 23.7. The predicted octanol–water partition coefficient (Wildman–Crippen LogP) is 3.07. The van der Waals surface area contributed by atoms with E-state index in [1.54, 1.807) is 24.3 Å². The molecule has 7 heteroatoms. The van der Waals surface area contributed by atoms with Gasteiger partial charge in [-0.05, 0) is 23.8 Å². The average Bonchev–Trinajstić information content (AvgIpc) is 2.61. The molecule has 0 radical (unpaired) electrons. The molecule has 0 saturated carbocycles. The molecule has 0 unspecified atom stereocenters. The van der Waals surface area contributed by atoms with Crippen molar-refractivity contribution in [3.05, 3.63) is 58.1 Å². The van der Waals surface area contributed by atoms with Crippen LogP contribution in [0.5, 0.6) is 5.75 Å². The molecule has 0 aliphatic rings. The first-order chi connectivity index (χ1) is 11.5. The van der Waals surface area contributed by atoms with E-state index in [9.17, 15) is 9.59 Å². The summed E-state index contributed by atoms with van der Waals surface area (Å²) in [7, 11) is 2.71. The summed E-state index contributed by atoms with van der Waals surface area (Å²) in [5, 5.41) is 0.232. The Bertz CT molecular complexity index is 776. The Morgan fingerprint density at radius 3 is 2.54 bits per heavy atom. The Morgan fingerprint density at radius 1 is 1.12 bits per heavy atom. The third-order valence-electron chi connectivity index (χ3n) is 3.26. The van der Waals surface area contributed by atoms with Gasteiger partial charge in [0.15, 0.2) is 0 Å². The number of ether oxygens (including phenoxy) is 3. The van der Waals surface area contributed by atoms with Crippen LogP contribution in [0, 0.1) is 0 Å². The second-order valence-corrected chi connectivity index (χ2v) is 5.25. The zero-order valence-corrected chi connectivity index (χ0v) is 13.9. The van der Waals surface area contributed by atoms with Gasteiger partial charge in [-0.25, -0.2) is 9.59 Å². The van der Waals surface area contributed by atoms with Crippen LogP contribution in [0.4, 0.5) is 5.69 Å². The van der Waals surface area contributed by atoms with E-state index in [-0.39, 0.29) is 22.9 Å². The van der Waals surface area contributed by atoms with Crippen molar-refractivity contribution >= 4 is 29.2 Å². The number of hydrogen-bond acceptors (Lipinski definition) is 6. The fourth-order valence-corrected chi connectivity index (χ4v) is 2.19. The number of esters is 2. The molecule has 24 heavy (non-hydrogen) atoms. The molecule has 0 aliphatic carbocycles. The number of anilines is 1. The topological polar surface area (TPSA) is 87.9 Å². The first kappa shape index (κ1) is 17.6. The molecule has 0 spiro atoms. The largest absolute Gasteiger partial charge is 0.496 e. The van der Waals surface area contributed by atoms with Crippen molar-refractivity contribution in [2.24, 2.45) is 0 Å². The Kier molecular flexibility index (Phi) is 5.65. The van der Waals surface area contributed by atoms with Gasteiger partial charge in [-0.15, -0.1) is 0 Å². The SMILES string of the molecule is COC(=O)c1cccc(COC(=O)c2cc(Cl)c(N)cc2OC)c1. The molecule has 2 aromatic rings. The molecule has 2 rings (SSSR count). The molecule has 2 aromatic carbocycles. The van der Waals surface area contributed by atoms with Gasteiger partial charge in [-0.2, -0.15) is 0 Å². The van der Waals surface area contributed by atoms with E-state index in [1.807, 2.05) is 0 Å². The number of nitrogens with two attached hydrogens (primary N) is 1. The summed E-state index contributed by atoms with van der Waals surface area (Å²) in [5.74, 6) is -0.808. The van der Waals surface area contributed by atoms with Gasteiger partial charge in [0.2, 0.25) is 0 Å². The van der Waals surface area contributed by atoms with E-state index in [1.165, 1.54) is 26.4 Å².